The lowest BCUT2D eigenvalue weighted by Gasteiger charge is -2.07. The van der Waals surface area contributed by atoms with Crippen LogP contribution in [-0.2, 0) is 13.6 Å². The maximum absolute atomic E-state index is 12.0. The van der Waals surface area contributed by atoms with Gasteiger partial charge < -0.3 is 5.32 Å². The van der Waals surface area contributed by atoms with Gasteiger partial charge in [0.05, 0.1) is 16.3 Å². The Labute approximate surface area is 116 Å². The van der Waals surface area contributed by atoms with Gasteiger partial charge in [0, 0.05) is 37.2 Å². The minimum atomic E-state index is -0.213. The number of aromatic nitrogens is 3. The summed E-state index contributed by atoms with van der Waals surface area (Å²) in [6.45, 7) is 4.33. The molecular weight excluding hydrogens is 264 g/mol. The lowest BCUT2D eigenvalue weighted by molar-refractivity contribution is 0.0951. The molecule has 0 aliphatic carbocycles. The summed E-state index contributed by atoms with van der Waals surface area (Å²) in [6, 6.07) is 1.60. The van der Waals surface area contributed by atoms with E-state index in [2.05, 4.69) is 15.4 Å². The molecule has 1 amide bonds. The zero-order valence-corrected chi connectivity index (χ0v) is 11.8. The monoisotopic (exact) mass is 278 g/mol. The van der Waals surface area contributed by atoms with Crippen LogP contribution in [0.3, 0.4) is 0 Å². The SMILES string of the molecule is Cc1nn(C)c(C)c1CNC(=O)c1ccncc1Cl. The van der Waals surface area contributed by atoms with Crippen molar-refractivity contribution in [1.29, 1.82) is 0 Å². The summed E-state index contributed by atoms with van der Waals surface area (Å²) in [5.74, 6) is -0.213. The lowest BCUT2D eigenvalue weighted by atomic mass is 10.2. The Morgan fingerprint density at radius 3 is 2.79 bits per heavy atom. The van der Waals surface area contributed by atoms with Gasteiger partial charge in [-0.1, -0.05) is 11.6 Å². The second kappa shape index (κ2) is 5.40. The van der Waals surface area contributed by atoms with E-state index in [0.717, 1.165) is 17.0 Å². The second-order valence-corrected chi connectivity index (χ2v) is 4.72. The van der Waals surface area contributed by atoms with Crippen LogP contribution in [0.1, 0.15) is 27.3 Å². The third-order valence-electron chi connectivity index (χ3n) is 3.10. The summed E-state index contributed by atoms with van der Waals surface area (Å²) < 4.78 is 1.80. The average molecular weight is 279 g/mol. The van der Waals surface area contributed by atoms with Crippen molar-refractivity contribution < 1.29 is 4.79 Å². The average Bonchev–Trinajstić information content (AvgIpc) is 2.61. The van der Waals surface area contributed by atoms with E-state index in [1.54, 1.807) is 16.9 Å². The molecule has 1 N–H and O–H groups in total. The van der Waals surface area contributed by atoms with Crippen LogP contribution in [0.5, 0.6) is 0 Å². The van der Waals surface area contributed by atoms with Gasteiger partial charge in [0.2, 0.25) is 0 Å². The van der Waals surface area contributed by atoms with Crippen molar-refractivity contribution in [3.05, 3.63) is 46.0 Å². The van der Waals surface area contributed by atoms with Crippen molar-refractivity contribution in [1.82, 2.24) is 20.1 Å². The number of carbonyl (C=O) groups excluding carboxylic acids is 1. The van der Waals surface area contributed by atoms with Crippen molar-refractivity contribution in [2.75, 3.05) is 0 Å². The Hall–Kier alpha value is -1.88. The molecule has 0 spiro atoms. The standard InChI is InChI=1S/C13H15ClN4O/c1-8-11(9(2)18(3)17-8)6-16-13(19)10-4-5-15-7-12(10)14/h4-5,7H,6H2,1-3H3,(H,16,19). The van der Waals surface area contributed by atoms with Crippen LogP contribution in [0.2, 0.25) is 5.02 Å². The minimum Gasteiger partial charge on any atom is -0.348 e. The summed E-state index contributed by atoms with van der Waals surface area (Å²) in [7, 11) is 1.88. The highest BCUT2D eigenvalue weighted by molar-refractivity contribution is 6.33. The number of aryl methyl sites for hydroxylation is 2. The first kappa shape index (κ1) is 13.5. The van der Waals surface area contributed by atoms with Gasteiger partial charge >= 0.3 is 0 Å². The molecule has 0 radical (unpaired) electrons. The maximum Gasteiger partial charge on any atom is 0.253 e. The fourth-order valence-corrected chi connectivity index (χ4v) is 2.10. The molecule has 0 aliphatic rings. The summed E-state index contributed by atoms with van der Waals surface area (Å²) >= 11 is 5.93. The molecule has 2 aromatic rings. The van der Waals surface area contributed by atoms with Crippen LogP contribution in [0.15, 0.2) is 18.5 Å². The van der Waals surface area contributed by atoms with Gasteiger partial charge in [-0.15, -0.1) is 0 Å². The van der Waals surface area contributed by atoms with E-state index in [0.29, 0.717) is 17.1 Å². The molecule has 6 heteroatoms. The summed E-state index contributed by atoms with van der Waals surface area (Å²) in [5, 5.41) is 7.50. The molecule has 19 heavy (non-hydrogen) atoms. The molecule has 100 valence electrons. The van der Waals surface area contributed by atoms with E-state index in [1.165, 1.54) is 6.20 Å². The summed E-state index contributed by atoms with van der Waals surface area (Å²) in [6.07, 6.45) is 3.00. The van der Waals surface area contributed by atoms with Gasteiger partial charge in [-0.3, -0.25) is 14.5 Å². The Morgan fingerprint density at radius 1 is 1.47 bits per heavy atom. The van der Waals surface area contributed by atoms with Gasteiger partial charge in [-0.2, -0.15) is 5.10 Å². The number of rotatable bonds is 3. The number of pyridine rings is 1. The fraction of sp³-hybridized carbons (Fsp3) is 0.308. The Kier molecular flexibility index (Phi) is 3.85. The number of halogens is 1. The van der Waals surface area contributed by atoms with Gasteiger partial charge in [-0.25, -0.2) is 0 Å². The molecule has 0 fully saturated rings. The first-order valence-corrected chi connectivity index (χ1v) is 6.25. The Morgan fingerprint density at radius 2 is 2.21 bits per heavy atom. The van der Waals surface area contributed by atoms with Crippen molar-refractivity contribution >= 4 is 17.5 Å². The number of carbonyl (C=O) groups is 1. The van der Waals surface area contributed by atoms with Crippen LogP contribution in [-0.4, -0.2) is 20.7 Å². The number of nitrogens with zero attached hydrogens (tertiary/aromatic N) is 3. The molecule has 0 aromatic carbocycles. The molecule has 0 aliphatic heterocycles. The molecular formula is C13H15ClN4O. The van der Waals surface area contributed by atoms with E-state index in [9.17, 15) is 4.79 Å². The van der Waals surface area contributed by atoms with Crippen LogP contribution < -0.4 is 5.32 Å². The third kappa shape index (κ3) is 2.76. The first-order valence-electron chi connectivity index (χ1n) is 5.87. The van der Waals surface area contributed by atoms with Crippen molar-refractivity contribution in [3.8, 4) is 0 Å². The third-order valence-corrected chi connectivity index (χ3v) is 3.40. The minimum absolute atomic E-state index is 0.213. The summed E-state index contributed by atoms with van der Waals surface area (Å²) in [4.78, 5) is 15.9. The molecule has 0 saturated heterocycles. The molecule has 2 rings (SSSR count). The summed E-state index contributed by atoms with van der Waals surface area (Å²) in [5.41, 5.74) is 3.41. The van der Waals surface area contributed by atoms with Gasteiger partial charge in [0.15, 0.2) is 0 Å². The van der Waals surface area contributed by atoms with Crippen LogP contribution in [0.4, 0.5) is 0 Å². The zero-order chi connectivity index (χ0) is 14.0. The van der Waals surface area contributed by atoms with Gasteiger partial charge in [-0.05, 0) is 19.9 Å². The van der Waals surface area contributed by atoms with Crippen molar-refractivity contribution in [3.63, 3.8) is 0 Å². The van der Waals surface area contributed by atoms with Crippen LogP contribution in [0.25, 0.3) is 0 Å². The molecule has 0 bridgehead atoms. The first-order chi connectivity index (χ1) is 9.00. The Bertz CT molecular complexity index is 621. The number of amides is 1. The van der Waals surface area contributed by atoms with Gasteiger partial charge in [0.1, 0.15) is 0 Å². The Balaban J connectivity index is 2.11. The topological polar surface area (TPSA) is 59.8 Å². The van der Waals surface area contributed by atoms with E-state index < -0.39 is 0 Å². The van der Waals surface area contributed by atoms with Crippen molar-refractivity contribution in [2.45, 2.75) is 20.4 Å². The molecule has 0 unspecified atom stereocenters. The van der Waals surface area contributed by atoms with Crippen molar-refractivity contribution in [2.24, 2.45) is 7.05 Å². The van der Waals surface area contributed by atoms with E-state index in [-0.39, 0.29) is 5.91 Å². The predicted octanol–water partition coefficient (Wildman–Crippen LogP) is 2.02. The molecule has 2 heterocycles. The van der Waals surface area contributed by atoms with E-state index in [4.69, 9.17) is 11.6 Å². The van der Waals surface area contributed by atoms with Crippen LogP contribution >= 0.6 is 11.6 Å². The lowest BCUT2D eigenvalue weighted by Crippen LogP contribution is -2.23. The number of hydrogen-bond acceptors (Lipinski definition) is 3. The maximum atomic E-state index is 12.0. The highest BCUT2D eigenvalue weighted by Crippen LogP contribution is 2.15. The quantitative estimate of drug-likeness (QED) is 0.934. The molecule has 2 aromatic heterocycles. The molecule has 0 atom stereocenters. The molecule has 5 nitrogen and oxygen atoms in total. The highest BCUT2D eigenvalue weighted by Gasteiger charge is 2.13. The van der Waals surface area contributed by atoms with Crippen LogP contribution in [0, 0.1) is 13.8 Å². The van der Waals surface area contributed by atoms with E-state index >= 15 is 0 Å². The number of nitrogens with one attached hydrogen (secondary N) is 1. The highest BCUT2D eigenvalue weighted by atomic mass is 35.5. The van der Waals surface area contributed by atoms with Gasteiger partial charge in [0.25, 0.3) is 5.91 Å². The second-order valence-electron chi connectivity index (χ2n) is 4.31. The number of hydrogen-bond donors (Lipinski definition) is 1. The largest absolute Gasteiger partial charge is 0.348 e. The normalized spacial score (nSPS) is 10.5. The zero-order valence-electron chi connectivity index (χ0n) is 11.1. The smallest absolute Gasteiger partial charge is 0.253 e. The van der Waals surface area contributed by atoms with E-state index in [1.807, 2.05) is 20.9 Å². The molecule has 0 saturated carbocycles. The fourth-order valence-electron chi connectivity index (χ4n) is 1.90. The predicted molar refractivity (Wildman–Crippen MR) is 73.1 cm³/mol.